The number of hydrogen-bond acceptors (Lipinski definition) is 7. The van der Waals surface area contributed by atoms with Gasteiger partial charge < -0.3 is 15.1 Å². The predicted octanol–water partition coefficient (Wildman–Crippen LogP) is 2.33. The zero-order valence-electron chi connectivity index (χ0n) is 11.6. The van der Waals surface area contributed by atoms with E-state index in [-0.39, 0.29) is 5.54 Å². The summed E-state index contributed by atoms with van der Waals surface area (Å²) in [4.78, 5) is 5.45. The third kappa shape index (κ3) is 4.60. The molecule has 2 N–H and O–H groups in total. The Balaban J connectivity index is 1.84. The summed E-state index contributed by atoms with van der Waals surface area (Å²) in [7, 11) is 0. The Morgan fingerprint density at radius 2 is 2.05 bits per heavy atom. The van der Waals surface area contributed by atoms with Gasteiger partial charge in [0.1, 0.15) is 5.01 Å². The van der Waals surface area contributed by atoms with Crippen molar-refractivity contribution in [2.45, 2.75) is 46.3 Å². The number of thiazole rings is 1. The Morgan fingerprint density at radius 1 is 1.26 bits per heavy atom. The monoisotopic (exact) mass is 281 g/mol. The third-order valence-corrected chi connectivity index (χ3v) is 3.21. The van der Waals surface area contributed by atoms with Gasteiger partial charge in [-0.15, -0.1) is 16.4 Å². The SMILES string of the molecule is Cc1cnc(CNc2nnc(CNC(C)(C)C)o2)s1. The summed E-state index contributed by atoms with van der Waals surface area (Å²) in [6.07, 6.45) is 1.86. The van der Waals surface area contributed by atoms with E-state index in [1.165, 1.54) is 4.88 Å². The summed E-state index contributed by atoms with van der Waals surface area (Å²) in [5, 5.41) is 15.3. The van der Waals surface area contributed by atoms with Gasteiger partial charge in [-0.3, -0.25) is 0 Å². The van der Waals surface area contributed by atoms with Gasteiger partial charge in [-0.2, -0.15) is 0 Å². The lowest BCUT2D eigenvalue weighted by Crippen LogP contribution is -2.35. The molecule has 2 heterocycles. The topological polar surface area (TPSA) is 75.9 Å². The van der Waals surface area contributed by atoms with Gasteiger partial charge in [-0.25, -0.2) is 4.98 Å². The maximum Gasteiger partial charge on any atom is 0.315 e. The first kappa shape index (κ1) is 14.0. The molecule has 7 heteroatoms. The summed E-state index contributed by atoms with van der Waals surface area (Å²) in [6.45, 7) is 9.47. The van der Waals surface area contributed by atoms with Gasteiger partial charge in [0, 0.05) is 16.6 Å². The molecule has 19 heavy (non-hydrogen) atoms. The average Bonchev–Trinajstić information content (AvgIpc) is 2.92. The Hall–Kier alpha value is -1.47. The second-order valence-electron chi connectivity index (χ2n) is 5.32. The van der Waals surface area contributed by atoms with Crippen LogP contribution in [0.2, 0.25) is 0 Å². The first-order valence-corrected chi connectivity index (χ1v) is 6.96. The summed E-state index contributed by atoms with van der Waals surface area (Å²) in [5.41, 5.74) is 0.0283. The number of aryl methyl sites for hydroxylation is 1. The average molecular weight is 281 g/mol. The van der Waals surface area contributed by atoms with E-state index >= 15 is 0 Å². The van der Waals surface area contributed by atoms with Gasteiger partial charge in [0.15, 0.2) is 0 Å². The molecule has 0 unspecified atom stereocenters. The van der Waals surface area contributed by atoms with E-state index in [4.69, 9.17) is 4.42 Å². The number of anilines is 1. The predicted molar refractivity (Wildman–Crippen MR) is 75.1 cm³/mol. The van der Waals surface area contributed by atoms with Crippen molar-refractivity contribution in [3.8, 4) is 0 Å². The van der Waals surface area contributed by atoms with Crippen molar-refractivity contribution < 1.29 is 4.42 Å². The summed E-state index contributed by atoms with van der Waals surface area (Å²) in [6, 6.07) is 0.429. The number of rotatable bonds is 5. The molecule has 0 saturated heterocycles. The first-order valence-electron chi connectivity index (χ1n) is 6.15. The van der Waals surface area contributed by atoms with Crippen LogP contribution in [0, 0.1) is 6.92 Å². The van der Waals surface area contributed by atoms with Crippen LogP contribution in [0.25, 0.3) is 0 Å². The van der Waals surface area contributed by atoms with Gasteiger partial charge in [0.05, 0.1) is 13.1 Å². The molecule has 0 bridgehead atoms. The molecule has 0 saturated carbocycles. The van der Waals surface area contributed by atoms with E-state index < -0.39 is 0 Å². The molecule has 0 fully saturated rings. The maximum absolute atomic E-state index is 5.49. The van der Waals surface area contributed by atoms with Gasteiger partial charge in [-0.05, 0) is 27.7 Å². The number of hydrogen-bond donors (Lipinski definition) is 2. The second kappa shape index (κ2) is 5.66. The lowest BCUT2D eigenvalue weighted by molar-refractivity contribution is 0.383. The second-order valence-corrected chi connectivity index (χ2v) is 6.64. The fraction of sp³-hybridized carbons (Fsp3) is 0.583. The van der Waals surface area contributed by atoms with Crippen LogP contribution >= 0.6 is 11.3 Å². The molecule has 0 radical (unpaired) electrons. The normalized spacial score (nSPS) is 11.8. The largest absolute Gasteiger partial charge is 0.407 e. The van der Waals surface area contributed by atoms with Gasteiger partial charge in [0.25, 0.3) is 0 Å². The Bertz CT molecular complexity index is 528. The van der Waals surface area contributed by atoms with E-state index in [9.17, 15) is 0 Å². The van der Waals surface area contributed by atoms with Crippen molar-refractivity contribution >= 4 is 17.4 Å². The van der Waals surface area contributed by atoms with Gasteiger partial charge in [0.2, 0.25) is 5.89 Å². The Kier molecular flexibility index (Phi) is 4.16. The maximum atomic E-state index is 5.49. The standard InChI is InChI=1S/C12H19N5OS/c1-8-5-13-10(19-8)7-14-11-17-16-9(18-11)6-15-12(2,3)4/h5,15H,6-7H2,1-4H3,(H,14,17). The van der Waals surface area contributed by atoms with Crippen LogP contribution in [0.15, 0.2) is 10.6 Å². The molecule has 0 aliphatic rings. The highest BCUT2D eigenvalue weighted by Gasteiger charge is 2.12. The van der Waals surface area contributed by atoms with Crippen LogP contribution in [0.5, 0.6) is 0 Å². The van der Waals surface area contributed by atoms with Crippen molar-refractivity contribution in [3.63, 3.8) is 0 Å². The van der Waals surface area contributed by atoms with E-state index in [1.54, 1.807) is 11.3 Å². The molecule has 0 aromatic carbocycles. The first-order chi connectivity index (χ1) is 8.92. The fourth-order valence-electron chi connectivity index (χ4n) is 1.37. The van der Waals surface area contributed by atoms with Gasteiger partial charge in [-0.1, -0.05) is 5.10 Å². The van der Waals surface area contributed by atoms with Crippen LogP contribution in [0.4, 0.5) is 6.01 Å². The molecular formula is C12H19N5OS. The molecule has 0 atom stereocenters. The zero-order valence-corrected chi connectivity index (χ0v) is 12.5. The molecule has 104 valence electrons. The van der Waals surface area contributed by atoms with E-state index in [2.05, 4.69) is 46.6 Å². The minimum atomic E-state index is 0.0283. The van der Waals surface area contributed by atoms with Crippen molar-refractivity contribution in [1.82, 2.24) is 20.5 Å². The quantitative estimate of drug-likeness (QED) is 0.876. The molecule has 0 amide bonds. The lowest BCUT2D eigenvalue weighted by atomic mass is 10.1. The lowest BCUT2D eigenvalue weighted by Gasteiger charge is -2.18. The zero-order chi connectivity index (χ0) is 13.9. The van der Waals surface area contributed by atoms with Crippen LogP contribution in [0.3, 0.4) is 0 Å². The molecular weight excluding hydrogens is 262 g/mol. The molecule has 2 rings (SSSR count). The molecule has 0 aliphatic heterocycles. The van der Waals surface area contributed by atoms with Crippen LogP contribution in [-0.2, 0) is 13.1 Å². The summed E-state index contributed by atoms with van der Waals surface area (Å²) >= 11 is 1.65. The molecule has 6 nitrogen and oxygen atoms in total. The number of nitrogens with zero attached hydrogens (tertiary/aromatic N) is 3. The van der Waals surface area contributed by atoms with Crippen molar-refractivity contribution in [3.05, 3.63) is 22.0 Å². The highest BCUT2D eigenvalue weighted by atomic mass is 32.1. The molecule has 0 spiro atoms. The third-order valence-electron chi connectivity index (χ3n) is 2.30. The van der Waals surface area contributed by atoms with Gasteiger partial charge >= 0.3 is 6.01 Å². The summed E-state index contributed by atoms with van der Waals surface area (Å²) in [5.74, 6) is 0.577. The summed E-state index contributed by atoms with van der Waals surface area (Å²) < 4.78 is 5.49. The van der Waals surface area contributed by atoms with Crippen molar-refractivity contribution in [2.75, 3.05) is 5.32 Å². The minimum Gasteiger partial charge on any atom is -0.407 e. The molecule has 2 aromatic rings. The fourth-order valence-corrected chi connectivity index (χ4v) is 2.10. The number of aromatic nitrogens is 3. The van der Waals surface area contributed by atoms with E-state index in [0.29, 0.717) is 25.0 Å². The minimum absolute atomic E-state index is 0.0283. The van der Waals surface area contributed by atoms with Crippen molar-refractivity contribution in [2.24, 2.45) is 0 Å². The van der Waals surface area contributed by atoms with Crippen LogP contribution < -0.4 is 10.6 Å². The molecule has 0 aliphatic carbocycles. The van der Waals surface area contributed by atoms with E-state index in [0.717, 1.165) is 5.01 Å². The van der Waals surface area contributed by atoms with Crippen molar-refractivity contribution in [1.29, 1.82) is 0 Å². The van der Waals surface area contributed by atoms with Crippen LogP contribution in [-0.4, -0.2) is 20.7 Å². The number of nitrogens with one attached hydrogen (secondary N) is 2. The molecule has 2 aromatic heterocycles. The highest BCUT2D eigenvalue weighted by Crippen LogP contribution is 2.13. The highest BCUT2D eigenvalue weighted by molar-refractivity contribution is 7.11. The Morgan fingerprint density at radius 3 is 2.68 bits per heavy atom. The Labute approximate surface area is 116 Å². The van der Waals surface area contributed by atoms with E-state index in [1.807, 2.05) is 13.1 Å². The smallest absolute Gasteiger partial charge is 0.315 e. The van der Waals surface area contributed by atoms with Crippen LogP contribution in [0.1, 0.15) is 36.5 Å².